The molecule has 0 spiro atoms. The molecule has 2 atom stereocenters. The monoisotopic (exact) mass is 405 g/mol. The fraction of sp³-hybridized carbons (Fsp3) is 0.500. The number of benzene rings is 1. The van der Waals surface area contributed by atoms with Crippen LogP contribution in [-0.2, 0) is 30.7 Å². The molecule has 1 N–H and O–H groups in total. The van der Waals surface area contributed by atoms with E-state index in [0.717, 1.165) is 5.56 Å². The van der Waals surface area contributed by atoms with Crippen molar-refractivity contribution in [1.29, 1.82) is 0 Å². The topological polar surface area (TPSA) is 89.5 Å². The molecule has 25 heavy (non-hydrogen) atoms. The Morgan fingerprint density at radius 3 is 2.76 bits per heavy atom. The summed E-state index contributed by atoms with van der Waals surface area (Å²) in [5.41, 5.74) is 0.772. The standard InChI is InChI=1S/C16H20ClNO5S2/c1-11(16(20)18-8-12-4-2-3-5-14(12)17)23-15(19)9-24-13-6-7-25(21,22)10-13/h2-5,11,13H,6-10H2,1H3,(H,18,20)/t11-,13+/m0/s1. The van der Waals surface area contributed by atoms with Crippen LogP contribution in [0.3, 0.4) is 0 Å². The van der Waals surface area contributed by atoms with E-state index in [4.69, 9.17) is 16.3 Å². The van der Waals surface area contributed by atoms with Gasteiger partial charge in [0.05, 0.1) is 17.3 Å². The van der Waals surface area contributed by atoms with Crippen LogP contribution in [0.25, 0.3) is 0 Å². The van der Waals surface area contributed by atoms with Gasteiger partial charge in [-0.1, -0.05) is 29.8 Å². The van der Waals surface area contributed by atoms with Crippen LogP contribution in [0.1, 0.15) is 18.9 Å². The van der Waals surface area contributed by atoms with Crippen molar-refractivity contribution in [3.63, 3.8) is 0 Å². The molecule has 2 rings (SSSR count). The zero-order chi connectivity index (χ0) is 18.4. The zero-order valence-electron chi connectivity index (χ0n) is 13.7. The van der Waals surface area contributed by atoms with Crippen molar-refractivity contribution in [1.82, 2.24) is 5.32 Å². The minimum absolute atomic E-state index is 0.0301. The lowest BCUT2D eigenvalue weighted by Gasteiger charge is -2.14. The lowest BCUT2D eigenvalue weighted by Crippen LogP contribution is -2.36. The van der Waals surface area contributed by atoms with E-state index in [2.05, 4.69) is 5.32 Å². The van der Waals surface area contributed by atoms with Crippen molar-refractivity contribution in [3.05, 3.63) is 34.9 Å². The fourth-order valence-corrected chi connectivity index (χ4v) is 5.96. The lowest BCUT2D eigenvalue weighted by molar-refractivity contribution is -0.152. The minimum atomic E-state index is -2.96. The molecule has 1 heterocycles. The van der Waals surface area contributed by atoms with E-state index in [1.807, 2.05) is 6.07 Å². The first-order valence-electron chi connectivity index (χ1n) is 7.79. The van der Waals surface area contributed by atoms with Gasteiger partial charge in [-0.05, 0) is 25.0 Å². The lowest BCUT2D eigenvalue weighted by atomic mass is 10.2. The number of carbonyl (C=O) groups excluding carboxylic acids is 2. The molecule has 1 saturated heterocycles. The van der Waals surface area contributed by atoms with Gasteiger partial charge in [-0.15, -0.1) is 11.8 Å². The SMILES string of the molecule is C[C@H](OC(=O)CS[C@@H]1CCS(=O)(=O)C1)C(=O)NCc1ccccc1Cl. The number of amides is 1. The number of nitrogens with one attached hydrogen (secondary N) is 1. The van der Waals surface area contributed by atoms with E-state index in [1.54, 1.807) is 18.2 Å². The van der Waals surface area contributed by atoms with Crippen molar-refractivity contribution in [2.24, 2.45) is 0 Å². The van der Waals surface area contributed by atoms with Crippen LogP contribution in [0.4, 0.5) is 0 Å². The summed E-state index contributed by atoms with van der Waals surface area (Å²) in [6.45, 7) is 1.74. The van der Waals surface area contributed by atoms with Crippen LogP contribution in [-0.4, -0.2) is 48.9 Å². The Labute approximate surface area is 156 Å². The normalized spacial score (nSPS) is 20.0. The quantitative estimate of drug-likeness (QED) is 0.696. The molecule has 0 bridgehead atoms. The van der Waals surface area contributed by atoms with Gasteiger partial charge in [0.25, 0.3) is 5.91 Å². The molecule has 138 valence electrons. The third kappa shape index (κ3) is 6.52. The summed E-state index contributed by atoms with van der Waals surface area (Å²) in [6.07, 6.45) is -0.378. The molecular formula is C16H20ClNO5S2. The number of halogens is 1. The van der Waals surface area contributed by atoms with Gasteiger partial charge in [-0.25, -0.2) is 8.42 Å². The number of hydrogen-bond acceptors (Lipinski definition) is 6. The van der Waals surface area contributed by atoms with Crippen LogP contribution >= 0.6 is 23.4 Å². The van der Waals surface area contributed by atoms with E-state index >= 15 is 0 Å². The highest BCUT2D eigenvalue weighted by Gasteiger charge is 2.29. The summed E-state index contributed by atoms with van der Waals surface area (Å²) < 4.78 is 27.8. The second-order valence-corrected chi connectivity index (χ2v) is 9.70. The van der Waals surface area contributed by atoms with Crippen LogP contribution in [0, 0.1) is 0 Å². The Hall–Kier alpha value is -1.25. The largest absolute Gasteiger partial charge is 0.452 e. The van der Waals surface area contributed by atoms with Gasteiger partial charge >= 0.3 is 5.97 Å². The first-order valence-corrected chi connectivity index (χ1v) is 11.0. The Morgan fingerprint density at radius 1 is 1.40 bits per heavy atom. The summed E-state index contributed by atoms with van der Waals surface area (Å²) in [5, 5.41) is 3.14. The number of sulfone groups is 1. The van der Waals surface area contributed by atoms with Gasteiger partial charge in [0.15, 0.2) is 15.9 Å². The maximum Gasteiger partial charge on any atom is 0.316 e. The van der Waals surface area contributed by atoms with Gasteiger partial charge in [-0.2, -0.15) is 0 Å². The van der Waals surface area contributed by atoms with E-state index in [1.165, 1.54) is 18.7 Å². The van der Waals surface area contributed by atoms with E-state index < -0.39 is 27.8 Å². The average molecular weight is 406 g/mol. The number of carbonyl (C=O) groups is 2. The summed E-state index contributed by atoms with van der Waals surface area (Å²) in [4.78, 5) is 23.8. The number of hydrogen-bond donors (Lipinski definition) is 1. The molecule has 0 unspecified atom stereocenters. The molecule has 0 aliphatic carbocycles. The third-order valence-electron chi connectivity index (χ3n) is 3.72. The highest BCUT2D eigenvalue weighted by atomic mass is 35.5. The molecule has 9 heteroatoms. The first-order chi connectivity index (χ1) is 11.8. The van der Waals surface area contributed by atoms with Crippen molar-refractivity contribution in [2.75, 3.05) is 17.3 Å². The summed E-state index contributed by atoms with van der Waals surface area (Å²) in [6, 6.07) is 7.14. The molecule has 0 aromatic heterocycles. The zero-order valence-corrected chi connectivity index (χ0v) is 16.1. The highest BCUT2D eigenvalue weighted by Crippen LogP contribution is 2.24. The Balaban J connectivity index is 1.71. The molecule has 1 aromatic rings. The van der Waals surface area contributed by atoms with Crippen LogP contribution in [0.15, 0.2) is 24.3 Å². The average Bonchev–Trinajstić information content (AvgIpc) is 2.91. The number of rotatable bonds is 7. The third-order valence-corrected chi connectivity index (χ3v) is 7.34. The summed E-state index contributed by atoms with van der Waals surface area (Å²) in [5.74, 6) is -0.654. The first kappa shape index (κ1) is 20.1. The van der Waals surface area contributed by atoms with Crippen molar-refractivity contribution < 1.29 is 22.7 Å². The predicted octanol–water partition coefficient (Wildman–Crippen LogP) is 1.81. The van der Waals surface area contributed by atoms with E-state index in [-0.39, 0.29) is 29.1 Å². The van der Waals surface area contributed by atoms with Gasteiger partial charge in [0, 0.05) is 16.8 Å². The van der Waals surface area contributed by atoms with Crippen molar-refractivity contribution in [2.45, 2.75) is 31.2 Å². The van der Waals surface area contributed by atoms with E-state index in [9.17, 15) is 18.0 Å². The Bertz CT molecular complexity index is 738. The Kier molecular flexibility index (Phi) is 7.15. The molecule has 1 fully saturated rings. The molecule has 1 aliphatic rings. The molecule has 0 radical (unpaired) electrons. The fourth-order valence-electron chi connectivity index (χ4n) is 2.33. The highest BCUT2D eigenvalue weighted by molar-refractivity contribution is 8.02. The molecule has 6 nitrogen and oxygen atoms in total. The Morgan fingerprint density at radius 2 is 2.12 bits per heavy atom. The predicted molar refractivity (Wildman–Crippen MR) is 98.4 cm³/mol. The molecule has 1 aromatic carbocycles. The molecule has 1 aliphatic heterocycles. The van der Waals surface area contributed by atoms with Crippen molar-refractivity contribution in [3.8, 4) is 0 Å². The smallest absolute Gasteiger partial charge is 0.316 e. The number of ether oxygens (including phenoxy) is 1. The second-order valence-electron chi connectivity index (χ2n) is 5.78. The van der Waals surface area contributed by atoms with Gasteiger partial charge in [0.2, 0.25) is 0 Å². The number of esters is 1. The molecule has 1 amide bonds. The summed E-state index contributed by atoms with van der Waals surface area (Å²) in [7, 11) is -2.96. The van der Waals surface area contributed by atoms with Crippen LogP contribution < -0.4 is 5.32 Å². The van der Waals surface area contributed by atoms with Gasteiger partial charge in [0.1, 0.15) is 0 Å². The minimum Gasteiger partial charge on any atom is -0.452 e. The maximum atomic E-state index is 12.0. The number of thioether (sulfide) groups is 1. The van der Waals surface area contributed by atoms with Crippen LogP contribution in [0.5, 0.6) is 0 Å². The van der Waals surface area contributed by atoms with Gasteiger partial charge < -0.3 is 10.1 Å². The summed E-state index contributed by atoms with van der Waals surface area (Å²) >= 11 is 7.27. The molecule has 0 saturated carbocycles. The van der Waals surface area contributed by atoms with E-state index in [0.29, 0.717) is 11.4 Å². The maximum absolute atomic E-state index is 12.0. The van der Waals surface area contributed by atoms with Gasteiger partial charge in [-0.3, -0.25) is 9.59 Å². The van der Waals surface area contributed by atoms with Crippen LogP contribution in [0.2, 0.25) is 5.02 Å². The second kappa shape index (κ2) is 8.91. The molecular weight excluding hydrogens is 386 g/mol. The van der Waals surface area contributed by atoms with Crippen molar-refractivity contribution >= 4 is 45.1 Å².